The minimum Gasteiger partial charge on any atom is -0.388 e. The van der Waals surface area contributed by atoms with E-state index in [0.717, 1.165) is 0 Å². The zero-order chi connectivity index (χ0) is 8.39. The SMILES string of the molecule is CNc1cccc2ccccc12. The Bertz CT molecular complexity index is 388. The van der Waals surface area contributed by atoms with Gasteiger partial charge in [0.1, 0.15) is 0 Å². The van der Waals surface area contributed by atoms with Gasteiger partial charge < -0.3 is 5.32 Å². The van der Waals surface area contributed by atoms with E-state index in [1.165, 1.54) is 16.5 Å². The predicted molar refractivity (Wildman–Crippen MR) is 53.5 cm³/mol. The van der Waals surface area contributed by atoms with Crippen molar-refractivity contribution in [2.75, 3.05) is 12.4 Å². The van der Waals surface area contributed by atoms with Crippen molar-refractivity contribution in [3.05, 3.63) is 42.5 Å². The first-order valence-corrected chi connectivity index (χ1v) is 4.07. The zero-order valence-electron chi connectivity index (χ0n) is 7.04. The van der Waals surface area contributed by atoms with Gasteiger partial charge in [0.2, 0.25) is 0 Å². The van der Waals surface area contributed by atoms with Crippen molar-refractivity contribution in [2.45, 2.75) is 0 Å². The molecule has 0 aromatic heterocycles. The van der Waals surface area contributed by atoms with Crippen molar-refractivity contribution < 1.29 is 0 Å². The average Bonchev–Trinajstić information content (AvgIpc) is 2.17. The van der Waals surface area contributed by atoms with Crippen LogP contribution in [0.5, 0.6) is 0 Å². The first-order valence-electron chi connectivity index (χ1n) is 4.07. The van der Waals surface area contributed by atoms with Gasteiger partial charge in [0, 0.05) is 18.1 Å². The molecule has 0 amide bonds. The fourth-order valence-electron chi connectivity index (χ4n) is 1.44. The van der Waals surface area contributed by atoms with Crippen LogP contribution >= 0.6 is 0 Å². The molecule has 60 valence electrons. The van der Waals surface area contributed by atoms with Gasteiger partial charge in [-0.2, -0.15) is 0 Å². The van der Waals surface area contributed by atoms with Crippen LogP contribution in [0, 0.1) is 0 Å². The standard InChI is InChI=1S/C11H11N/c1-12-11-8-4-6-9-5-2-3-7-10(9)11/h2-8,12H,1H3. The Kier molecular flexibility index (Phi) is 1.71. The number of nitrogens with one attached hydrogen (secondary N) is 1. The number of anilines is 1. The van der Waals surface area contributed by atoms with E-state index in [1.807, 2.05) is 7.05 Å². The summed E-state index contributed by atoms with van der Waals surface area (Å²) in [5.74, 6) is 0. The van der Waals surface area contributed by atoms with Crippen molar-refractivity contribution in [1.29, 1.82) is 0 Å². The Labute approximate surface area is 72.0 Å². The number of fused-ring (bicyclic) bond motifs is 1. The molecule has 0 spiro atoms. The van der Waals surface area contributed by atoms with E-state index in [2.05, 4.69) is 47.8 Å². The highest BCUT2D eigenvalue weighted by Gasteiger charge is 1.95. The molecule has 0 saturated carbocycles. The van der Waals surface area contributed by atoms with Crippen molar-refractivity contribution >= 4 is 16.5 Å². The van der Waals surface area contributed by atoms with Crippen molar-refractivity contribution in [2.24, 2.45) is 0 Å². The van der Waals surface area contributed by atoms with Crippen LogP contribution in [0.3, 0.4) is 0 Å². The van der Waals surface area contributed by atoms with E-state index in [-0.39, 0.29) is 0 Å². The van der Waals surface area contributed by atoms with Gasteiger partial charge in [0.05, 0.1) is 0 Å². The third-order valence-corrected chi connectivity index (χ3v) is 2.06. The molecule has 2 rings (SSSR count). The highest BCUT2D eigenvalue weighted by molar-refractivity contribution is 5.93. The van der Waals surface area contributed by atoms with Crippen LogP contribution in [-0.2, 0) is 0 Å². The lowest BCUT2D eigenvalue weighted by molar-refractivity contribution is 1.55. The van der Waals surface area contributed by atoms with Gasteiger partial charge in [-0.25, -0.2) is 0 Å². The topological polar surface area (TPSA) is 12.0 Å². The molecule has 1 nitrogen and oxygen atoms in total. The molecule has 0 aliphatic rings. The van der Waals surface area contributed by atoms with Crippen LogP contribution < -0.4 is 5.32 Å². The van der Waals surface area contributed by atoms with Crippen LogP contribution in [0.2, 0.25) is 0 Å². The maximum atomic E-state index is 3.17. The fraction of sp³-hybridized carbons (Fsp3) is 0.0909. The van der Waals surface area contributed by atoms with Gasteiger partial charge in [-0.05, 0) is 11.5 Å². The van der Waals surface area contributed by atoms with E-state index in [4.69, 9.17) is 0 Å². The van der Waals surface area contributed by atoms with Crippen molar-refractivity contribution in [3.8, 4) is 0 Å². The predicted octanol–water partition coefficient (Wildman–Crippen LogP) is 2.88. The summed E-state index contributed by atoms with van der Waals surface area (Å²) in [6.45, 7) is 0. The molecule has 2 aromatic carbocycles. The molecule has 0 heterocycles. The van der Waals surface area contributed by atoms with Gasteiger partial charge >= 0.3 is 0 Å². The van der Waals surface area contributed by atoms with Crippen molar-refractivity contribution in [3.63, 3.8) is 0 Å². The molecule has 0 bridgehead atoms. The Morgan fingerprint density at radius 1 is 0.917 bits per heavy atom. The molecule has 0 unspecified atom stereocenters. The second-order valence-corrected chi connectivity index (χ2v) is 2.78. The molecule has 1 N–H and O–H groups in total. The monoisotopic (exact) mass is 157 g/mol. The third kappa shape index (κ3) is 1.03. The molecule has 0 radical (unpaired) electrons. The zero-order valence-corrected chi connectivity index (χ0v) is 7.04. The minimum absolute atomic E-state index is 1.19. The maximum absolute atomic E-state index is 3.17. The van der Waals surface area contributed by atoms with Gasteiger partial charge in [-0.15, -0.1) is 0 Å². The highest BCUT2D eigenvalue weighted by atomic mass is 14.8. The van der Waals surface area contributed by atoms with Gasteiger partial charge in [-0.1, -0.05) is 36.4 Å². The van der Waals surface area contributed by atoms with E-state index >= 15 is 0 Å². The summed E-state index contributed by atoms with van der Waals surface area (Å²) >= 11 is 0. The molecule has 1 heteroatoms. The quantitative estimate of drug-likeness (QED) is 0.671. The van der Waals surface area contributed by atoms with Gasteiger partial charge in [0.15, 0.2) is 0 Å². The molecule has 12 heavy (non-hydrogen) atoms. The van der Waals surface area contributed by atoms with E-state index < -0.39 is 0 Å². The Morgan fingerprint density at radius 3 is 2.50 bits per heavy atom. The van der Waals surface area contributed by atoms with Crippen LogP contribution in [-0.4, -0.2) is 7.05 Å². The lowest BCUT2D eigenvalue weighted by Gasteiger charge is -2.04. The van der Waals surface area contributed by atoms with E-state index in [9.17, 15) is 0 Å². The summed E-state index contributed by atoms with van der Waals surface area (Å²) < 4.78 is 0. The largest absolute Gasteiger partial charge is 0.388 e. The Hall–Kier alpha value is -1.50. The normalized spacial score (nSPS) is 10.1. The number of hydrogen-bond acceptors (Lipinski definition) is 1. The molecule has 0 aliphatic carbocycles. The first-order chi connectivity index (χ1) is 5.92. The summed E-state index contributed by atoms with van der Waals surface area (Å²) in [4.78, 5) is 0. The van der Waals surface area contributed by atoms with Crippen molar-refractivity contribution in [1.82, 2.24) is 0 Å². The Balaban J connectivity index is 2.79. The molecular weight excluding hydrogens is 146 g/mol. The van der Waals surface area contributed by atoms with E-state index in [1.54, 1.807) is 0 Å². The summed E-state index contributed by atoms with van der Waals surface area (Å²) in [6, 6.07) is 14.6. The first kappa shape index (κ1) is 7.17. The summed E-state index contributed by atoms with van der Waals surface area (Å²) in [6.07, 6.45) is 0. The summed E-state index contributed by atoms with van der Waals surface area (Å²) in [5, 5.41) is 5.73. The van der Waals surface area contributed by atoms with Crippen LogP contribution in [0.4, 0.5) is 5.69 Å². The molecule has 0 aliphatic heterocycles. The average molecular weight is 157 g/mol. The molecule has 0 fully saturated rings. The fourth-order valence-corrected chi connectivity index (χ4v) is 1.44. The second kappa shape index (κ2) is 2.86. The molecule has 2 aromatic rings. The smallest absolute Gasteiger partial charge is 0.0417 e. The van der Waals surface area contributed by atoms with Gasteiger partial charge in [-0.3, -0.25) is 0 Å². The lowest BCUT2D eigenvalue weighted by atomic mass is 10.1. The number of benzene rings is 2. The molecular formula is C11H11N. The molecule has 0 atom stereocenters. The minimum atomic E-state index is 1.19. The van der Waals surface area contributed by atoms with Gasteiger partial charge in [0.25, 0.3) is 0 Å². The van der Waals surface area contributed by atoms with E-state index in [0.29, 0.717) is 0 Å². The highest BCUT2D eigenvalue weighted by Crippen LogP contribution is 2.21. The number of hydrogen-bond donors (Lipinski definition) is 1. The number of rotatable bonds is 1. The third-order valence-electron chi connectivity index (χ3n) is 2.06. The maximum Gasteiger partial charge on any atom is 0.0417 e. The molecule has 0 saturated heterocycles. The Morgan fingerprint density at radius 2 is 1.67 bits per heavy atom. The summed E-state index contributed by atoms with van der Waals surface area (Å²) in [7, 11) is 1.95. The second-order valence-electron chi connectivity index (χ2n) is 2.78. The summed E-state index contributed by atoms with van der Waals surface area (Å²) in [5.41, 5.74) is 1.19. The van der Waals surface area contributed by atoms with Crippen LogP contribution in [0.15, 0.2) is 42.5 Å². The lowest BCUT2D eigenvalue weighted by Crippen LogP contribution is -1.88. The van der Waals surface area contributed by atoms with Crippen LogP contribution in [0.1, 0.15) is 0 Å². The van der Waals surface area contributed by atoms with Crippen LogP contribution in [0.25, 0.3) is 10.8 Å².